The van der Waals surface area contributed by atoms with Crippen molar-refractivity contribution in [3.63, 3.8) is 0 Å². The quantitative estimate of drug-likeness (QED) is 0.579. The molecule has 0 aliphatic carbocycles. The number of hydrogen-bond acceptors (Lipinski definition) is 6. The van der Waals surface area contributed by atoms with Gasteiger partial charge in [0.2, 0.25) is 5.09 Å². The predicted octanol–water partition coefficient (Wildman–Crippen LogP) is 0.624. The van der Waals surface area contributed by atoms with E-state index in [2.05, 4.69) is 10.0 Å². The van der Waals surface area contributed by atoms with Crippen LogP contribution in [0.15, 0.2) is 45.9 Å². The number of carboxylic acid groups (broad SMARTS) is 1. The summed E-state index contributed by atoms with van der Waals surface area (Å²) in [6.07, 6.45) is 0.521. The molecule has 1 aromatic carbocycles. The summed E-state index contributed by atoms with van der Waals surface area (Å²) >= 11 is 0. The summed E-state index contributed by atoms with van der Waals surface area (Å²) in [7, 11) is -2.49. The number of furan rings is 1. The van der Waals surface area contributed by atoms with E-state index in [1.165, 1.54) is 19.2 Å². The van der Waals surface area contributed by atoms with Gasteiger partial charge in [-0.2, -0.15) is 0 Å². The van der Waals surface area contributed by atoms with Crippen molar-refractivity contribution in [2.75, 3.05) is 20.2 Å². The molecule has 0 radical (unpaired) electrons. The van der Waals surface area contributed by atoms with E-state index in [0.717, 1.165) is 5.56 Å². The zero-order valence-corrected chi connectivity index (χ0v) is 14.7. The normalized spacial score (nSPS) is 11.1. The standard InChI is InChI=1S/C16H18N2O7S/c1-17-26(22,23)15-7-6-13(25-15)16(21)18-9-8-11-2-4-12(5-3-11)24-10-14(19)20/h2-7,17H,8-10H2,1H3,(H,18,21)(H,19,20). The highest BCUT2D eigenvalue weighted by atomic mass is 32.2. The average Bonchev–Trinajstić information content (AvgIpc) is 3.12. The van der Waals surface area contributed by atoms with E-state index in [1.807, 2.05) is 0 Å². The molecule has 0 atom stereocenters. The van der Waals surface area contributed by atoms with Crippen molar-refractivity contribution in [2.45, 2.75) is 11.5 Å². The van der Waals surface area contributed by atoms with Crippen LogP contribution in [0.3, 0.4) is 0 Å². The number of sulfonamides is 1. The lowest BCUT2D eigenvalue weighted by molar-refractivity contribution is -0.139. The van der Waals surface area contributed by atoms with Gasteiger partial charge in [0.25, 0.3) is 15.9 Å². The summed E-state index contributed by atoms with van der Waals surface area (Å²) in [5, 5.41) is 10.8. The molecule has 2 rings (SSSR count). The van der Waals surface area contributed by atoms with E-state index in [0.29, 0.717) is 18.7 Å². The van der Waals surface area contributed by atoms with Crippen molar-refractivity contribution >= 4 is 21.9 Å². The lowest BCUT2D eigenvalue weighted by Gasteiger charge is -2.06. The molecule has 0 saturated carbocycles. The summed E-state index contributed by atoms with van der Waals surface area (Å²) in [5.74, 6) is -1.24. The van der Waals surface area contributed by atoms with Crippen LogP contribution >= 0.6 is 0 Å². The third-order valence-electron chi connectivity index (χ3n) is 3.32. The topological polar surface area (TPSA) is 135 Å². The zero-order valence-electron chi connectivity index (χ0n) is 13.9. The molecule has 1 amide bonds. The molecule has 9 nitrogen and oxygen atoms in total. The maximum Gasteiger partial charge on any atom is 0.341 e. The van der Waals surface area contributed by atoms with Gasteiger partial charge in [-0.05, 0) is 43.3 Å². The van der Waals surface area contributed by atoms with Gasteiger partial charge in [0, 0.05) is 6.54 Å². The second kappa shape index (κ2) is 8.50. The van der Waals surface area contributed by atoms with Crippen molar-refractivity contribution in [1.29, 1.82) is 0 Å². The van der Waals surface area contributed by atoms with Gasteiger partial charge in [-0.25, -0.2) is 17.9 Å². The Bertz CT molecular complexity index is 872. The molecule has 0 unspecified atom stereocenters. The van der Waals surface area contributed by atoms with Crippen molar-refractivity contribution in [2.24, 2.45) is 0 Å². The van der Waals surface area contributed by atoms with Crippen LogP contribution < -0.4 is 14.8 Å². The lowest BCUT2D eigenvalue weighted by atomic mass is 10.1. The van der Waals surface area contributed by atoms with Gasteiger partial charge in [0.15, 0.2) is 12.4 Å². The first kappa shape index (κ1) is 19.5. The molecule has 0 fully saturated rings. The molecule has 2 aromatic rings. The first-order chi connectivity index (χ1) is 12.3. The maximum atomic E-state index is 12.0. The molecular weight excluding hydrogens is 364 g/mol. The van der Waals surface area contributed by atoms with Gasteiger partial charge in [-0.3, -0.25) is 4.79 Å². The lowest BCUT2D eigenvalue weighted by Crippen LogP contribution is -2.25. The second-order valence-corrected chi connectivity index (χ2v) is 6.98. The summed E-state index contributed by atoms with van der Waals surface area (Å²) < 4.78 is 35.3. The number of rotatable bonds is 9. The Kier molecular flexibility index (Phi) is 6.36. The van der Waals surface area contributed by atoms with Crippen molar-refractivity contribution in [3.8, 4) is 5.75 Å². The molecule has 1 heterocycles. The molecule has 0 bridgehead atoms. The molecular formula is C16H18N2O7S. The number of nitrogens with one attached hydrogen (secondary N) is 2. The Morgan fingerprint density at radius 1 is 1.15 bits per heavy atom. The van der Waals surface area contributed by atoms with E-state index in [9.17, 15) is 18.0 Å². The van der Waals surface area contributed by atoms with Gasteiger partial charge >= 0.3 is 5.97 Å². The fourth-order valence-electron chi connectivity index (χ4n) is 1.99. The fraction of sp³-hybridized carbons (Fsp3) is 0.250. The van der Waals surface area contributed by atoms with Crippen LogP contribution in [0.4, 0.5) is 0 Å². The number of carboxylic acids is 1. The fourth-order valence-corrected chi connectivity index (χ4v) is 2.64. The van der Waals surface area contributed by atoms with E-state index >= 15 is 0 Å². The molecule has 10 heteroatoms. The van der Waals surface area contributed by atoms with E-state index in [4.69, 9.17) is 14.3 Å². The van der Waals surface area contributed by atoms with E-state index in [-0.39, 0.29) is 10.9 Å². The second-order valence-electron chi connectivity index (χ2n) is 5.16. The highest BCUT2D eigenvalue weighted by Crippen LogP contribution is 2.14. The zero-order chi connectivity index (χ0) is 19.2. The summed E-state index contributed by atoms with van der Waals surface area (Å²) in [6.45, 7) is -0.104. The van der Waals surface area contributed by atoms with Crippen molar-refractivity contribution in [3.05, 3.63) is 47.7 Å². The number of amides is 1. The number of ether oxygens (including phenoxy) is 1. The minimum absolute atomic E-state index is 0.101. The predicted molar refractivity (Wildman–Crippen MR) is 90.6 cm³/mol. The Balaban J connectivity index is 1.84. The summed E-state index contributed by atoms with van der Waals surface area (Å²) in [5.41, 5.74) is 0.908. The minimum Gasteiger partial charge on any atom is -0.482 e. The highest BCUT2D eigenvalue weighted by Gasteiger charge is 2.19. The number of benzene rings is 1. The third kappa shape index (κ3) is 5.33. The van der Waals surface area contributed by atoms with Gasteiger partial charge in [0.05, 0.1) is 0 Å². The highest BCUT2D eigenvalue weighted by molar-refractivity contribution is 7.89. The molecule has 3 N–H and O–H groups in total. The Labute approximate surface area is 150 Å². The molecule has 0 aliphatic heterocycles. The largest absolute Gasteiger partial charge is 0.482 e. The Hall–Kier alpha value is -2.85. The van der Waals surface area contributed by atoms with Crippen LogP contribution in [0.25, 0.3) is 0 Å². The van der Waals surface area contributed by atoms with Crippen molar-refractivity contribution in [1.82, 2.24) is 10.0 Å². The monoisotopic (exact) mass is 382 g/mol. The Morgan fingerprint density at radius 3 is 2.46 bits per heavy atom. The van der Waals surface area contributed by atoms with Gasteiger partial charge in [-0.15, -0.1) is 0 Å². The molecule has 26 heavy (non-hydrogen) atoms. The maximum absolute atomic E-state index is 12.0. The van der Waals surface area contributed by atoms with Crippen LogP contribution in [0.1, 0.15) is 16.1 Å². The average molecular weight is 382 g/mol. The van der Waals surface area contributed by atoms with Crippen LogP contribution in [0.2, 0.25) is 0 Å². The number of carbonyl (C=O) groups is 2. The molecule has 0 aliphatic rings. The SMILES string of the molecule is CNS(=O)(=O)c1ccc(C(=O)NCCc2ccc(OCC(=O)O)cc2)o1. The smallest absolute Gasteiger partial charge is 0.341 e. The van der Waals surface area contributed by atoms with Crippen LogP contribution in [0.5, 0.6) is 5.75 Å². The Morgan fingerprint density at radius 2 is 1.85 bits per heavy atom. The first-order valence-corrected chi connectivity index (χ1v) is 9.05. The van der Waals surface area contributed by atoms with Gasteiger partial charge in [-0.1, -0.05) is 12.1 Å². The van der Waals surface area contributed by atoms with Crippen LogP contribution in [-0.2, 0) is 21.2 Å². The van der Waals surface area contributed by atoms with Crippen LogP contribution in [0, 0.1) is 0 Å². The first-order valence-electron chi connectivity index (χ1n) is 7.57. The summed E-state index contributed by atoms with van der Waals surface area (Å²) in [4.78, 5) is 22.4. The third-order valence-corrected chi connectivity index (χ3v) is 4.61. The summed E-state index contributed by atoms with van der Waals surface area (Å²) in [6, 6.07) is 9.29. The van der Waals surface area contributed by atoms with E-state index in [1.54, 1.807) is 24.3 Å². The number of hydrogen-bond donors (Lipinski definition) is 3. The van der Waals surface area contributed by atoms with E-state index < -0.39 is 28.5 Å². The molecule has 0 spiro atoms. The van der Waals surface area contributed by atoms with Gasteiger partial charge in [0.1, 0.15) is 5.75 Å². The molecule has 0 saturated heterocycles. The van der Waals surface area contributed by atoms with Crippen LogP contribution in [-0.4, -0.2) is 45.6 Å². The number of aliphatic carboxylic acids is 1. The van der Waals surface area contributed by atoms with Gasteiger partial charge < -0.3 is 19.6 Å². The number of carbonyl (C=O) groups excluding carboxylic acids is 1. The minimum atomic E-state index is -3.73. The molecule has 1 aromatic heterocycles. The molecule has 140 valence electrons. The van der Waals surface area contributed by atoms with Crippen molar-refractivity contribution < 1.29 is 32.3 Å².